The van der Waals surface area contributed by atoms with Crippen molar-refractivity contribution in [3.8, 4) is 5.75 Å². The van der Waals surface area contributed by atoms with Gasteiger partial charge in [0.25, 0.3) is 0 Å². The molecule has 11 N–H and O–H groups in total. The quantitative estimate of drug-likeness (QED) is 0.105. The first-order valence-electron chi connectivity index (χ1n) is 10.7. The van der Waals surface area contributed by atoms with Crippen LogP contribution in [-0.4, -0.2) is 75.6 Å². The first-order chi connectivity index (χ1) is 16.8. The lowest BCUT2D eigenvalue weighted by Gasteiger charge is -2.24. The summed E-state index contributed by atoms with van der Waals surface area (Å²) in [4.78, 5) is 71.5. The minimum absolute atomic E-state index is 0.0401. The number of benzene rings is 1. The van der Waals surface area contributed by atoms with Crippen molar-refractivity contribution in [1.82, 2.24) is 16.0 Å². The summed E-state index contributed by atoms with van der Waals surface area (Å²) in [5, 5.41) is 25.7. The number of phenolic OH excluding ortho intramolecular Hbond substituents is 1. The van der Waals surface area contributed by atoms with E-state index in [-0.39, 0.29) is 30.8 Å². The zero-order chi connectivity index (χ0) is 27.4. The minimum Gasteiger partial charge on any atom is -0.508 e. The maximum atomic E-state index is 12.9. The Bertz CT molecular complexity index is 974. The lowest BCUT2D eigenvalue weighted by atomic mass is 10.0. The zero-order valence-electron chi connectivity index (χ0n) is 19.2. The Morgan fingerprint density at radius 2 is 1.36 bits per heavy atom. The number of thiol groups is 1. The number of rotatable bonds is 15. The Hall–Kier alpha value is -3.85. The second-order valence-corrected chi connectivity index (χ2v) is 8.22. The minimum atomic E-state index is -1.64. The monoisotopic (exact) mass is 526 g/mol. The molecule has 0 spiro atoms. The number of carbonyl (C=O) groups is 6. The molecule has 4 atom stereocenters. The Morgan fingerprint density at radius 1 is 0.833 bits per heavy atom. The van der Waals surface area contributed by atoms with Crippen LogP contribution in [0.3, 0.4) is 0 Å². The van der Waals surface area contributed by atoms with Crippen LogP contribution in [0, 0.1) is 0 Å². The smallest absolute Gasteiger partial charge is 0.326 e. The van der Waals surface area contributed by atoms with Crippen LogP contribution < -0.4 is 33.2 Å². The normalized spacial score (nSPS) is 13.9. The van der Waals surface area contributed by atoms with Crippen LogP contribution in [-0.2, 0) is 35.2 Å². The molecular weight excluding hydrogens is 496 g/mol. The molecule has 0 radical (unpaired) electrons. The number of primary amides is 2. The van der Waals surface area contributed by atoms with Crippen molar-refractivity contribution in [2.75, 3.05) is 5.75 Å². The molecule has 0 fully saturated rings. The molecule has 4 unspecified atom stereocenters. The fraction of sp³-hybridized carbons (Fsp3) is 0.429. The molecule has 0 aliphatic carbocycles. The fourth-order valence-electron chi connectivity index (χ4n) is 2.92. The number of nitrogens with two attached hydrogens (primary N) is 3. The molecule has 1 aromatic rings. The van der Waals surface area contributed by atoms with Crippen molar-refractivity contribution < 1.29 is 39.0 Å². The topological polar surface area (TPSA) is 257 Å². The van der Waals surface area contributed by atoms with Gasteiger partial charge < -0.3 is 43.4 Å². The number of carboxylic acid groups (broad SMARTS) is 1. The zero-order valence-corrected chi connectivity index (χ0v) is 20.1. The number of hydrogen-bond acceptors (Lipinski definition) is 9. The summed E-state index contributed by atoms with van der Waals surface area (Å²) in [5.41, 5.74) is 16.3. The molecule has 1 aromatic carbocycles. The van der Waals surface area contributed by atoms with E-state index in [0.29, 0.717) is 5.56 Å². The van der Waals surface area contributed by atoms with Crippen molar-refractivity contribution in [1.29, 1.82) is 0 Å². The Kier molecular flexibility index (Phi) is 12.2. The van der Waals surface area contributed by atoms with Crippen LogP contribution in [0.4, 0.5) is 0 Å². The van der Waals surface area contributed by atoms with Gasteiger partial charge in [0.05, 0.1) is 12.5 Å². The highest BCUT2D eigenvalue weighted by Gasteiger charge is 2.30. The van der Waals surface area contributed by atoms with E-state index in [4.69, 9.17) is 17.2 Å². The molecule has 1 rings (SSSR count). The van der Waals surface area contributed by atoms with Gasteiger partial charge in [0.1, 0.15) is 23.9 Å². The highest BCUT2D eigenvalue weighted by molar-refractivity contribution is 7.80. The van der Waals surface area contributed by atoms with Crippen LogP contribution in [0.5, 0.6) is 5.75 Å². The average Bonchev–Trinajstić information content (AvgIpc) is 2.80. The molecule has 0 saturated carbocycles. The highest BCUT2D eigenvalue weighted by atomic mass is 32.1. The van der Waals surface area contributed by atoms with E-state index in [9.17, 15) is 39.0 Å². The number of amides is 5. The number of hydrogen-bond donors (Lipinski definition) is 9. The summed E-state index contributed by atoms with van der Waals surface area (Å²) in [5.74, 6) is -5.88. The van der Waals surface area contributed by atoms with Gasteiger partial charge >= 0.3 is 5.97 Å². The SMILES string of the molecule is NC(=O)CCC(N)C(=O)NC(CS)C(=O)NC(Cc1ccc(O)cc1)C(=O)NC(CC(N)=O)C(=O)O. The van der Waals surface area contributed by atoms with Gasteiger partial charge in [-0.3, -0.25) is 24.0 Å². The predicted molar refractivity (Wildman–Crippen MR) is 129 cm³/mol. The van der Waals surface area contributed by atoms with E-state index in [2.05, 4.69) is 28.6 Å². The van der Waals surface area contributed by atoms with Crippen LogP contribution in [0.1, 0.15) is 24.8 Å². The lowest BCUT2D eigenvalue weighted by Crippen LogP contribution is -2.58. The Morgan fingerprint density at radius 3 is 1.86 bits per heavy atom. The molecule has 36 heavy (non-hydrogen) atoms. The molecule has 0 saturated heterocycles. The molecule has 15 heteroatoms. The first-order valence-corrected chi connectivity index (χ1v) is 11.3. The van der Waals surface area contributed by atoms with Crippen molar-refractivity contribution in [2.45, 2.75) is 49.9 Å². The standard InChI is InChI=1S/C21H30N6O8S/c22-12(5-6-16(23)29)18(31)27-15(9-36)20(33)25-13(7-10-1-3-11(28)4-2-10)19(32)26-14(21(34)35)8-17(24)30/h1-4,12-15,28,36H,5-9,22H2,(H2,23,29)(H2,24,30)(H,25,33)(H,26,32)(H,27,31)(H,34,35). The summed E-state index contributed by atoms with van der Waals surface area (Å²) < 4.78 is 0. The number of carboxylic acids is 1. The van der Waals surface area contributed by atoms with E-state index in [1.165, 1.54) is 24.3 Å². The summed E-state index contributed by atoms with van der Waals surface area (Å²) in [6.45, 7) is 0. The molecular formula is C21H30N6O8S. The van der Waals surface area contributed by atoms with Gasteiger partial charge in [0.2, 0.25) is 29.5 Å². The number of nitrogens with one attached hydrogen (secondary N) is 3. The van der Waals surface area contributed by atoms with Gasteiger partial charge in [-0.25, -0.2) is 4.79 Å². The van der Waals surface area contributed by atoms with Gasteiger partial charge in [-0.05, 0) is 24.1 Å². The van der Waals surface area contributed by atoms with Crippen LogP contribution in [0.25, 0.3) is 0 Å². The Labute approximate surface area is 211 Å². The van der Waals surface area contributed by atoms with E-state index < -0.39 is 66.1 Å². The van der Waals surface area contributed by atoms with Crippen LogP contribution in [0.15, 0.2) is 24.3 Å². The van der Waals surface area contributed by atoms with E-state index in [1.54, 1.807) is 0 Å². The van der Waals surface area contributed by atoms with Crippen molar-refractivity contribution >= 4 is 48.1 Å². The highest BCUT2D eigenvalue weighted by Crippen LogP contribution is 2.12. The molecule has 0 aromatic heterocycles. The molecule has 0 heterocycles. The third-order valence-corrected chi connectivity index (χ3v) is 5.25. The molecule has 0 aliphatic heterocycles. The van der Waals surface area contributed by atoms with Gasteiger partial charge in [-0.1, -0.05) is 12.1 Å². The van der Waals surface area contributed by atoms with Crippen molar-refractivity contribution in [2.24, 2.45) is 17.2 Å². The second-order valence-electron chi connectivity index (χ2n) is 7.86. The van der Waals surface area contributed by atoms with E-state index >= 15 is 0 Å². The van der Waals surface area contributed by atoms with Gasteiger partial charge in [0, 0.05) is 18.6 Å². The lowest BCUT2D eigenvalue weighted by molar-refractivity contribution is -0.143. The molecule has 14 nitrogen and oxygen atoms in total. The first kappa shape index (κ1) is 30.2. The van der Waals surface area contributed by atoms with Crippen molar-refractivity contribution in [3.63, 3.8) is 0 Å². The second kappa shape index (κ2) is 14.5. The van der Waals surface area contributed by atoms with Crippen LogP contribution in [0.2, 0.25) is 0 Å². The number of aliphatic carboxylic acids is 1. The number of aromatic hydroxyl groups is 1. The summed E-state index contributed by atoms with van der Waals surface area (Å²) in [6.07, 6.45) is -1.01. The van der Waals surface area contributed by atoms with Crippen molar-refractivity contribution in [3.05, 3.63) is 29.8 Å². The third kappa shape index (κ3) is 10.6. The average molecular weight is 527 g/mol. The molecule has 198 valence electrons. The fourth-order valence-corrected chi connectivity index (χ4v) is 3.18. The molecule has 0 aliphatic rings. The molecule has 5 amide bonds. The van der Waals surface area contributed by atoms with Gasteiger partial charge in [0.15, 0.2) is 0 Å². The van der Waals surface area contributed by atoms with E-state index in [0.717, 1.165) is 0 Å². The number of carbonyl (C=O) groups excluding carboxylic acids is 5. The summed E-state index contributed by atoms with van der Waals surface area (Å²) >= 11 is 4.04. The number of phenols is 1. The maximum absolute atomic E-state index is 12.9. The predicted octanol–water partition coefficient (Wildman–Crippen LogP) is -3.13. The van der Waals surface area contributed by atoms with Gasteiger partial charge in [-0.15, -0.1) is 0 Å². The summed E-state index contributed by atoms with van der Waals surface area (Å²) in [7, 11) is 0. The largest absolute Gasteiger partial charge is 0.508 e. The maximum Gasteiger partial charge on any atom is 0.326 e. The molecule has 0 bridgehead atoms. The third-order valence-electron chi connectivity index (χ3n) is 4.88. The van der Waals surface area contributed by atoms with Gasteiger partial charge in [-0.2, -0.15) is 12.6 Å². The van der Waals surface area contributed by atoms with Crippen LogP contribution >= 0.6 is 12.6 Å². The Balaban J connectivity index is 3.03. The summed E-state index contributed by atoms with van der Waals surface area (Å²) in [6, 6.07) is 0.306. The van der Waals surface area contributed by atoms with E-state index in [1.807, 2.05) is 0 Å².